The third-order valence-electron chi connectivity index (χ3n) is 3.49. The molecule has 0 radical (unpaired) electrons. The molecule has 1 atom stereocenters. The molecule has 2 heterocycles. The molecule has 17 heavy (non-hydrogen) atoms. The summed E-state index contributed by atoms with van der Waals surface area (Å²) in [6, 6.07) is 0. The fourth-order valence-electron chi connectivity index (χ4n) is 2.24. The molecule has 0 bridgehead atoms. The van der Waals surface area contributed by atoms with Gasteiger partial charge in [0.1, 0.15) is 0 Å². The summed E-state index contributed by atoms with van der Waals surface area (Å²) in [6.07, 6.45) is 1.47. The fourth-order valence-corrected chi connectivity index (χ4v) is 2.24. The van der Waals surface area contributed by atoms with Crippen LogP contribution in [0.4, 0.5) is 0 Å². The van der Waals surface area contributed by atoms with Crippen molar-refractivity contribution < 1.29 is 19.4 Å². The van der Waals surface area contributed by atoms with Gasteiger partial charge < -0.3 is 20.5 Å². The number of aliphatic hydroxyl groups is 1. The van der Waals surface area contributed by atoms with Gasteiger partial charge >= 0.3 is 0 Å². The zero-order valence-corrected chi connectivity index (χ0v) is 9.70. The summed E-state index contributed by atoms with van der Waals surface area (Å²) in [5.74, 6) is -0.553. The van der Waals surface area contributed by atoms with E-state index in [1.807, 2.05) is 0 Å². The van der Waals surface area contributed by atoms with Crippen LogP contribution in [0.5, 0.6) is 0 Å². The Bertz CT molecular complexity index is 313. The molecule has 1 unspecified atom stereocenters. The number of hydrogen-bond acceptors (Lipinski definition) is 4. The van der Waals surface area contributed by atoms with Gasteiger partial charge in [-0.05, 0) is 12.8 Å². The van der Waals surface area contributed by atoms with Crippen molar-refractivity contribution in [1.82, 2.24) is 10.6 Å². The molecule has 0 aromatic carbocycles. The highest BCUT2D eigenvalue weighted by molar-refractivity contribution is 5.89. The molecule has 0 aromatic rings. The van der Waals surface area contributed by atoms with Crippen LogP contribution < -0.4 is 10.6 Å². The zero-order valence-electron chi connectivity index (χ0n) is 9.70. The smallest absolute Gasteiger partial charge is 0.225 e. The topological polar surface area (TPSA) is 87.7 Å². The number of hydrogen-bond donors (Lipinski definition) is 3. The molecular formula is C11H18N2O4. The average Bonchev–Trinajstić information content (AvgIpc) is 2.77. The summed E-state index contributed by atoms with van der Waals surface area (Å²) in [4.78, 5) is 23.0. The third kappa shape index (κ3) is 2.76. The van der Waals surface area contributed by atoms with Gasteiger partial charge in [0.05, 0.1) is 18.1 Å². The summed E-state index contributed by atoms with van der Waals surface area (Å²) in [6.45, 7) is 1.39. The van der Waals surface area contributed by atoms with E-state index < -0.39 is 5.54 Å². The maximum absolute atomic E-state index is 12.0. The fraction of sp³-hybridized carbons (Fsp3) is 0.818. The molecule has 96 valence electrons. The van der Waals surface area contributed by atoms with Gasteiger partial charge in [-0.25, -0.2) is 0 Å². The number of carbonyl (C=O) groups excluding carboxylic acids is 2. The first-order valence-corrected chi connectivity index (χ1v) is 5.92. The molecule has 6 heteroatoms. The van der Waals surface area contributed by atoms with Crippen LogP contribution in [0.25, 0.3) is 0 Å². The number of nitrogens with one attached hydrogen (secondary N) is 2. The molecule has 2 saturated heterocycles. The predicted molar refractivity (Wildman–Crippen MR) is 59.1 cm³/mol. The van der Waals surface area contributed by atoms with Crippen molar-refractivity contribution >= 4 is 11.8 Å². The molecule has 0 aromatic heterocycles. The Morgan fingerprint density at radius 3 is 2.76 bits per heavy atom. The first-order valence-electron chi connectivity index (χ1n) is 5.92. The Kier molecular flexibility index (Phi) is 3.63. The summed E-state index contributed by atoms with van der Waals surface area (Å²) in [7, 11) is 0. The molecule has 0 spiro atoms. The van der Waals surface area contributed by atoms with Gasteiger partial charge in [-0.3, -0.25) is 9.59 Å². The van der Waals surface area contributed by atoms with Crippen LogP contribution in [0.15, 0.2) is 0 Å². The summed E-state index contributed by atoms with van der Waals surface area (Å²) in [5.41, 5.74) is -0.568. The number of carbonyl (C=O) groups is 2. The van der Waals surface area contributed by atoms with Gasteiger partial charge in [0.25, 0.3) is 0 Å². The molecule has 0 saturated carbocycles. The molecule has 0 aliphatic carbocycles. The van der Waals surface area contributed by atoms with Crippen LogP contribution in [0, 0.1) is 5.92 Å². The lowest BCUT2D eigenvalue weighted by molar-refractivity contribution is -0.130. The normalized spacial score (nSPS) is 27.6. The van der Waals surface area contributed by atoms with E-state index in [2.05, 4.69) is 10.6 Å². The summed E-state index contributed by atoms with van der Waals surface area (Å²) < 4.78 is 5.22. The average molecular weight is 242 g/mol. The quantitative estimate of drug-likeness (QED) is 0.579. The van der Waals surface area contributed by atoms with E-state index in [1.54, 1.807) is 0 Å². The lowest BCUT2D eigenvalue weighted by Crippen LogP contribution is -2.56. The Balaban J connectivity index is 1.93. The van der Waals surface area contributed by atoms with E-state index in [9.17, 15) is 14.7 Å². The second kappa shape index (κ2) is 5.01. The van der Waals surface area contributed by atoms with Crippen LogP contribution in [-0.2, 0) is 14.3 Å². The molecule has 2 fully saturated rings. The van der Waals surface area contributed by atoms with Crippen LogP contribution >= 0.6 is 0 Å². The molecule has 2 amide bonds. The van der Waals surface area contributed by atoms with Gasteiger partial charge in [-0.15, -0.1) is 0 Å². The Morgan fingerprint density at radius 2 is 2.24 bits per heavy atom. The highest BCUT2D eigenvalue weighted by Crippen LogP contribution is 2.21. The van der Waals surface area contributed by atoms with E-state index >= 15 is 0 Å². The van der Waals surface area contributed by atoms with E-state index in [0.29, 0.717) is 32.6 Å². The first kappa shape index (κ1) is 12.3. The van der Waals surface area contributed by atoms with E-state index in [0.717, 1.165) is 0 Å². The van der Waals surface area contributed by atoms with E-state index in [4.69, 9.17) is 4.74 Å². The van der Waals surface area contributed by atoms with Crippen molar-refractivity contribution in [1.29, 1.82) is 0 Å². The molecule has 6 nitrogen and oxygen atoms in total. The zero-order chi connectivity index (χ0) is 12.3. The number of amides is 2. The Labute approximate surface area is 99.7 Å². The highest BCUT2D eigenvalue weighted by Gasteiger charge is 2.37. The second-order valence-electron chi connectivity index (χ2n) is 4.75. The SMILES string of the molecule is O=C1CC(C(=O)NC2(CO)CCOCC2)CN1. The van der Waals surface area contributed by atoms with Gasteiger partial charge in [-0.2, -0.15) is 0 Å². The largest absolute Gasteiger partial charge is 0.394 e. The van der Waals surface area contributed by atoms with Crippen molar-refractivity contribution in [3.05, 3.63) is 0 Å². The second-order valence-corrected chi connectivity index (χ2v) is 4.75. The molecular weight excluding hydrogens is 224 g/mol. The minimum absolute atomic E-state index is 0.0871. The predicted octanol–water partition coefficient (Wildman–Crippen LogP) is -1.22. The minimum Gasteiger partial charge on any atom is -0.394 e. The highest BCUT2D eigenvalue weighted by atomic mass is 16.5. The van der Waals surface area contributed by atoms with Crippen LogP contribution in [-0.4, -0.2) is 48.8 Å². The number of ether oxygens (including phenoxy) is 1. The Morgan fingerprint density at radius 1 is 1.53 bits per heavy atom. The van der Waals surface area contributed by atoms with Crippen molar-refractivity contribution in [2.45, 2.75) is 24.8 Å². The lowest BCUT2D eigenvalue weighted by atomic mass is 9.90. The third-order valence-corrected chi connectivity index (χ3v) is 3.49. The van der Waals surface area contributed by atoms with Gasteiger partial charge in [-0.1, -0.05) is 0 Å². The van der Waals surface area contributed by atoms with E-state index in [1.165, 1.54) is 0 Å². The standard InChI is InChI=1S/C11H18N2O4/c14-7-11(1-3-17-4-2-11)13-10(16)8-5-9(15)12-6-8/h8,14H,1-7H2,(H,12,15)(H,13,16). The maximum atomic E-state index is 12.0. The van der Waals surface area contributed by atoms with Gasteiger partial charge in [0.2, 0.25) is 11.8 Å². The number of aliphatic hydroxyl groups excluding tert-OH is 1. The van der Waals surface area contributed by atoms with Crippen LogP contribution in [0.2, 0.25) is 0 Å². The van der Waals surface area contributed by atoms with E-state index in [-0.39, 0.29) is 30.8 Å². The summed E-state index contributed by atoms with van der Waals surface area (Å²) >= 11 is 0. The summed E-state index contributed by atoms with van der Waals surface area (Å²) in [5, 5.41) is 14.9. The van der Waals surface area contributed by atoms with Crippen molar-refractivity contribution in [2.24, 2.45) is 5.92 Å². The minimum atomic E-state index is -0.568. The lowest BCUT2D eigenvalue weighted by Gasteiger charge is -2.36. The van der Waals surface area contributed by atoms with Gasteiger partial charge in [0.15, 0.2) is 0 Å². The Hall–Kier alpha value is -1.14. The molecule has 3 N–H and O–H groups in total. The van der Waals surface area contributed by atoms with Gasteiger partial charge in [0, 0.05) is 26.2 Å². The molecule has 2 aliphatic heterocycles. The number of rotatable bonds is 3. The van der Waals surface area contributed by atoms with Crippen molar-refractivity contribution in [2.75, 3.05) is 26.4 Å². The maximum Gasteiger partial charge on any atom is 0.225 e. The van der Waals surface area contributed by atoms with Crippen molar-refractivity contribution in [3.63, 3.8) is 0 Å². The molecule has 2 aliphatic rings. The van der Waals surface area contributed by atoms with Crippen LogP contribution in [0.3, 0.4) is 0 Å². The monoisotopic (exact) mass is 242 g/mol. The van der Waals surface area contributed by atoms with Crippen molar-refractivity contribution in [3.8, 4) is 0 Å². The molecule has 2 rings (SSSR count). The first-order chi connectivity index (χ1) is 8.15. The van der Waals surface area contributed by atoms with Crippen LogP contribution in [0.1, 0.15) is 19.3 Å².